The van der Waals surface area contributed by atoms with Crippen LogP contribution in [0.2, 0.25) is 0 Å². The second kappa shape index (κ2) is 11.1. The van der Waals surface area contributed by atoms with Crippen LogP contribution in [0.4, 0.5) is 0 Å². The number of nitrogens with zero attached hydrogens (tertiary/aromatic N) is 1. The van der Waals surface area contributed by atoms with Crippen LogP contribution in [-0.2, 0) is 4.79 Å². The maximum atomic E-state index is 12.4. The Morgan fingerprint density at radius 3 is 2.85 bits per heavy atom. The molecular weight excluding hydrogens is 328 g/mol. The van der Waals surface area contributed by atoms with Crippen molar-refractivity contribution in [3.8, 4) is 11.5 Å². The third kappa shape index (κ3) is 6.20. The monoisotopic (exact) mass is 362 g/mol. The fourth-order valence-corrected chi connectivity index (χ4v) is 3.59. The molecular formula is C21H34N2O3. The molecule has 1 aromatic carbocycles. The van der Waals surface area contributed by atoms with Gasteiger partial charge in [0.05, 0.1) is 7.11 Å². The van der Waals surface area contributed by atoms with Gasteiger partial charge in [0.1, 0.15) is 11.5 Å². The van der Waals surface area contributed by atoms with Gasteiger partial charge in [-0.25, -0.2) is 0 Å². The van der Waals surface area contributed by atoms with Crippen LogP contribution in [0.5, 0.6) is 11.5 Å². The normalized spacial score (nSPS) is 19.0. The van der Waals surface area contributed by atoms with E-state index in [1.54, 1.807) is 13.2 Å². The minimum absolute atomic E-state index is 0.0407. The highest BCUT2D eigenvalue weighted by Gasteiger charge is 2.21. The first-order valence-electron chi connectivity index (χ1n) is 10.00. The van der Waals surface area contributed by atoms with Crippen molar-refractivity contribution >= 4 is 5.91 Å². The van der Waals surface area contributed by atoms with E-state index in [1.807, 2.05) is 25.1 Å². The number of piperidine rings is 1. The minimum Gasteiger partial charge on any atom is -0.497 e. The van der Waals surface area contributed by atoms with Crippen LogP contribution in [0.3, 0.4) is 0 Å². The van der Waals surface area contributed by atoms with Gasteiger partial charge in [-0.3, -0.25) is 4.79 Å². The van der Waals surface area contributed by atoms with E-state index in [4.69, 9.17) is 9.47 Å². The molecule has 0 aromatic heterocycles. The summed E-state index contributed by atoms with van der Waals surface area (Å²) in [4.78, 5) is 15.0. The molecule has 26 heavy (non-hydrogen) atoms. The molecule has 1 N–H and O–H groups in total. The van der Waals surface area contributed by atoms with Gasteiger partial charge >= 0.3 is 0 Å². The van der Waals surface area contributed by atoms with Crippen LogP contribution >= 0.6 is 0 Å². The van der Waals surface area contributed by atoms with Gasteiger partial charge in [-0.1, -0.05) is 26.3 Å². The number of carbonyl (C=O) groups is 1. The average molecular weight is 363 g/mol. The van der Waals surface area contributed by atoms with Crippen molar-refractivity contribution in [2.45, 2.75) is 64.5 Å². The summed E-state index contributed by atoms with van der Waals surface area (Å²) in [7, 11) is 1.62. The molecule has 1 aromatic rings. The van der Waals surface area contributed by atoms with Crippen LogP contribution < -0.4 is 14.8 Å². The summed E-state index contributed by atoms with van der Waals surface area (Å²) in [5.74, 6) is 1.34. The molecule has 2 atom stereocenters. The van der Waals surface area contributed by atoms with Gasteiger partial charge in [0.15, 0.2) is 6.10 Å². The second-order valence-electron chi connectivity index (χ2n) is 6.93. The smallest absolute Gasteiger partial charge is 0.261 e. The zero-order valence-electron chi connectivity index (χ0n) is 16.5. The van der Waals surface area contributed by atoms with Gasteiger partial charge in [-0.15, -0.1) is 0 Å². The summed E-state index contributed by atoms with van der Waals surface area (Å²) < 4.78 is 11.0. The van der Waals surface area contributed by atoms with Crippen molar-refractivity contribution in [1.82, 2.24) is 10.2 Å². The van der Waals surface area contributed by atoms with Crippen molar-refractivity contribution < 1.29 is 14.3 Å². The molecule has 1 saturated heterocycles. The topological polar surface area (TPSA) is 50.8 Å². The third-order valence-electron chi connectivity index (χ3n) is 5.12. The summed E-state index contributed by atoms with van der Waals surface area (Å²) in [6.07, 6.45) is 6.33. The lowest BCUT2D eigenvalue weighted by molar-refractivity contribution is -0.128. The molecule has 0 spiro atoms. The fraction of sp³-hybridized carbons (Fsp3) is 0.667. The summed E-state index contributed by atoms with van der Waals surface area (Å²) in [5, 5.41) is 3.03. The van der Waals surface area contributed by atoms with Crippen molar-refractivity contribution in [2.24, 2.45) is 0 Å². The lowest BCUT2D eigenvalue weighted by Crippen LogP contribution is -2.42. The predicted molar refractivity (Wildman–Crippen MR) is 105 cm³/mol. The molecule has 146 valence electrons. The van der Waals surface area contributed by atoms with E-state index < -0.39 is 6.10 Å². The van der Waals surface area contributed by atoms with Crippen LogP contribution in [-0.4, -0.2) is 49.7 Å². The summed E-state index contributed by atoms with van der Waals surface area (Å²) in [6.45, 7) is 7.19. The zero-order chi connectivity index (χ0) is 18.8. The van der Waals surface area contributed by atoms with Crippen LogP contribution in [0, 0.1) is 0 Å². The zero-order valence-corrected chi connectivity index (χ0v) is 16.5. The molecule has 0 unspecified atom stereocenters. The molecule has 1 heterocycles. The van der Waals surface area contributed by atoms with Crippen molar-refractivity contribution in [3.05, 3.63) is 24.3 Å². The van der Waals surface area contributed by atoms with Crippen LogP contribution in [0.25, 0.3) is 0 Å². The van der Waals surface area contributed by atoms with E-state index in [9.17, 15) is 4.79 Å². The summed E-state index contributed by atoms with van der Waals surface area (Å²) in [6, 6.07) is 8.09. The van der Waals surface area contributed by atoms with Gasteiger partial charge in [0.2, 0.25) is 0 Å². The lowest BCUT2D eigenvalue weighted by Gasteiger charge is -2.35. The lowest BCUT2D eigenvalue weighted by atomic mass is 10.00. The third-order valence-corrected chi connectivity index (χ3v) is 5.12. The van der Waals surface area contributed by atoms with Crippen molar-refractivity contribution in [3.63, 3.8) is 0 Å². The number of nitrogens with one attached hydrogen (secondary N) is 1. The molecule has 2 rings (SSSR count). The maximum absolute atomic E-state index is 12.4. The average Bonchev–Trinajstić information content (AvgIpc) is 2.69. The van der Waals surface area contributed by atoms with E-state index in [2.05, 4.69) is 17.1 Å². The highest BCUT2D eigenvalue weighted by Crippen LogP contribution is 2.21. The highest BCUT2D eigenvalue weighted by atomic mass is 16.5. The van der Waals surface area contributed by atoms with Crippen molar-refractivity contribution in [1.29, 1.82) is 0 Å². The Morgan fingerprint density at radius 1 is 1.31 bits per heavy atom. The molecule has 1 fully saturated rings. The largest absolute Gasteiger partial charge is 0.497 e. The van der Waals surface area contributed by atoms with E-state index in [0.717, 1.165) is 24.8 Å². The standard InChI is InChI=1S/C21H34N2O3/c1-4-17-10-6-7-14-23(17)15-9-13-22-21(24)20(5-2)26-19-12-8-11-18(16-19)25-3/h8,11-12,16-17,20H,4-7,9-10,13-15H2,1-3H3,(H,22,24)/t17-,20+/m0/s1. The highest BCUT2D eigenvalue weighted by molar-refractivity contribution is 5.81. The number of rotatable bonds is 10. The maximum Gasteiger partial charge on any atom is 0.261 e. The quantitative estimate of drug-likeness (QED) is 0.646. The number of hydrogen-bond donors (Lipinski definition) is 1. The number of ether oxygens (including phenoxy) is 2. The molecule has 1 aliphatic rings. The Labute approximate surface area is 158 Å². The molecule has 0 bridgehead atoms. The first-order chi connectivity index (χ1) is 12.7. The first-order valence-corrected chi connectivity index (χ1v) is 10.00. The summed E-state index contributed by atoms with van der Waals surface area (Å²) in [5.41, 5.74) is 0. The van der Waals surface area contributed by atoms with Gasteiger partial charge in [0.25, 0.3) is 5.91 Å². The molecule has 0 saturated carbocycles. The predicted octanol–water partition coefficient (Wildman–Crippen LogP) is 3.62. The van der Waals surface area contributed by atoms with Crippen molar-refractivity contribution in [2.75, 3.05) is 26.7 Å². The van der Waals surface area contributed by atoms with E-state index >= 15 is 0 Å². The first kappa shape index (κ1) is 20.6. The SMILES string of the molecule is CC[C@H]1CCCCN1CCCNC(=O)[C@@H](CC)Oc1cccc(OC)c1. The van der Waals surface area contributed by atoms with Crippen LogP contribution in [0.15, 0.2) is 24.3 Å². The van der Waals surface area contributed by atoms with Gasteiger partial charge in [-0.2, -0.15) is 0 Å². The Hall–Kier alpha value is -1.75. The van der Waals surface area contributed by atoms with Gasteiger partial charge < -0.3 is 19.7 Å². The number of hydrogen-bond acceptors (Lipinski definition) is 4. The molecule has 0 aliphatic carbocycles. The number of carbonyl (C=O) groups excluding carboxylic acids is 1. The van der Waals surface area contributed by atoms with E-state index in [-0.39, 0.29) is 5.91 Å². The molecule has 5 heteroatoms. The fourth-order valence-electron chi connectivity index (χ4n) is 3.59. The Bertz CT molecular complexity index is 550. The number of amides is 1. The molecule has 1 amide bonds. The number of benzene rings is 1. The number of likely N-dealkylation sites (tertiary alicyclic amines) is 1. The molecule has 5 nitrogen and oxygen atoms in total. The molecule has 1 aliphatic heterocycles. The van der Waals surface area contributed by atoms with Crippen LogP contribution in [0.1, 0.15) is 52.4 Å². The van der Waals surface area contributed by atoms with Gasteiger partial charge in [-0.05, 0) is 50.8 Å². The second-order valence-corrected chi connectivity index (χ2v) is 6.93. The molecule has 0 radical (unpaired) electrons. The van der Waals surface area contributed by atoms with E-state index in [1.165, 1.54) is 32.2 Å². The Morgan fingerprint density at radius 2 is 2.12 bits per heavy atom. The number of methoxy groups -OCH3 is 1. The minimum atomic E-state index is -0.472. The van der Waals surface area contributed by atoms with E-state index in [0.29, 0.717) is 18.7 Å². The van der Waals surface area contributed by atoms with Gasteiger partial charge in [0, 0.05) is 25.2 Å². The Kier molecular flexibility index (Phi) is 8.75. The Balaban J connectivity index is 1.74. The summed E-state index contributed by atoms with van der Waals surface area (Å²) >= 11 is 0.